The number of benzene rings is 2. The molecule has 41 heavy (non-hydrogen) atoms. The highest BCUT2D eigenvalue weighted by molar-refractivity contribution is 6.31. The Morgan fingerprint density at radius 2 is 1.85 bits per heavy atom. The van der Waals surface area contributed by atoms with E-state index < -0.39 is 29.6 Å². The van der Waals surface area contributed by atoms with E-state index in [-0.39, 0.29) is 30.3 Å². The van der Waals surface area contributed by atoms with Gasteiger partial charge < -0.3 is 25.0 Å². The van der Waals surface area contributed by atoms with Crippen molar-refractivity contribution in [1.82, 2.24) is 10.2 Å². The molecule has 3 amide bonds. The van der Waals surface area contributed by atoms with Crippen LogP contribution in [0.5, 0.6) is 5.75 Å². The molecule has 3 aliphatic heterocycles. The first-order chi connectivity index (χ1) is 19.7. The Labute approximate surface area is 245 Å². The van der Waals surface area contributed by atoms with Gasteiger partial charge in [-0.05, 0) is 54.2 Å². The zero-order chi connectivity index (χ0) is 28.9. The van der Waals surface area contributed by atoms with E-state index in [2.05, 4.69) is 24.5 Å². The highest BCUT2D eigenvalue weighted by Crippen LogP contribution is 2.55. The predicted octanol–water partition coefficient (Wildman–Crippen LogP) is 4.58. The number of methoxy groups -OCH3 is 1. The SMILES string of the molecule is COc1ccc(NC(=O)[C@@H]2[C@@H]3C=C[C@]4(O3)[C@@H]2C(=O)N(Cc2ccccc2Cl)[C@H]4C(=O)N[C@@H]2CCC[C@@H](C)[C@@H]2C)cc1. The fourth-order valence-corrected chi connectivity index (χ4v) is 7.39. The quantitative estimate of drug-likeness (QED) is 0.470. The number of ether oxygens (including phenoxy) is 2. The zero-order valence-corrected chi connectivity index (χ0v) is 24.3. The summed E-state index contributed by atoms with van der Waals surface area (Å²) in [5.41, 5.74) is 0.0807. The van der Waals surface area contributed by atoms with Crippen LogP contribution < -0.4 is 15.4 Å². The predicted molar refractivity (Wildman–Crippen MR) is 155 cm³/mol. The molecule has 3 fully saturated rings. The van der Waals surface area contributed by atoms with Crippen LogP contribution in [0.1, 0.15) is 38.7 Å². The van der Waals surface area contributed by atoms with Crippen LogP contribution in [-0.4, -0.2) is 53.5 Å². The molecule has 1 aliphatic carbocycles. The number of hydrogen-bond donors (Lipinski definition) is 2. The lowest BCUT2D eigenvalue weighted by atomic mass is 9.73. The molecule has 2 bridgehead atoms. The summed E-state index contributed by atoms with van der Waals surface area (Å²) in [6.07, 6.45) is 6.13. The van der Waals surface area contributed by atoms with E-state index in [0.29, 0.717) is 28.3 Å². The zero-order valence-electron chi connectivity index (χ0n) is 23.5. The number of likely N-dealkylation sites (tertiary alicyclic amines) is 1. The van der Waals surface area contributed by atoms with Crippen molar-refractivity contribution in [3.05, 3.63) is 71.3 Å². The molecule has 1 spiro atoms. The first-order valence-electron chi connectivity index (χ1n) is 14.4. The molecular weight excluding hydrogens is 542 g/mol. The number of amides is 3. The van der Waals surface area contributed by atoms with Crippen molar-refractivity contribution in [2.45, 2.75) is 63.4 Å². The number of hydrogen-bond acceptors (Lipinski definition) is 5. The van der Waals surface area contributed by atoms with Gasteiger partial charge in [-0.15, -0.1) is 0 Å². The van der Waals surface area contributed by atoms with Crippen molar-refractivity contribution in [2.75, 3.05) is 12.4 Å². The molecule has 0 aromatic heterocycles. The minimum absolute atomic E-state index is 0.00992. The third kappa shape index (κ3) is 4.71. The first kappa shape index (κ1) is 27.8. The molecule has 0 unspecified atom stereocenters. The maximum absolute atomic E-state index is 14.3. The molecule has 8 nitrogen and oxygen atoms in total. The Kier molecular flexibility index (Phi) is 7.32. The number of carbonyl (C=O) groups is 3. The normalized spacial score (nSPS) is 33.5. The van der Waals surface area contributed by atoms with Crippen LogP contribution in [-0.2, 0) is 25.7 Å². The van der Waals surface area contributed by atoms with Crippen LogP contribution in [0.2, 0.25) is 5.02 Å². The second-order valence-electron chi connectivity index (χ2n) is 11.9. The average Bonchev–Trinajstić information content (AvgIpc) is 3.60. The summed E-state index contributed by atoms with van der Waals surface area (Å²) in [7, 11) is 1.58. The summed E-state index contributed by atoms with van der Waals surface area (Å²) in [6.45, 7) is 4.53. The topological polar surface area (TPSA) is 97.0 Å². The fourth-order valence-electron chi connectivity index (χ4n) is 7.20. The lowest BCUT2D eigenvalue weighted by Crippen LogP contribution is -2.57. The van der Waals surface area contributed by atoms with Gasteiger partial charge in [-0.3, -0.25) is 14.4 Å². The van der Waals surface area contributed by atoms with Crippen molar-refractivity contribution in [3.63, 3.8) is 0 Å². The van der Waals surface area contributed by atoms with Crippen LogP contribution in [0, 0.1) is 23.7 Å². The summed E-state index contributed by atoms with van der Waals surface area (Å²) in [5, 5.41) is 6.74. The third-order valence-electron chi connectivity index (χ3n) is 9.62. The van der Waals surface area contributed by atoms with Crippen molar-refractivity contribution in [1.29, 1.82) is 0 Å². The monoisotopic (exact) mass is 577 g/mol. The summed E-state index contributed by atoms with van der Waals surface area (Å²) in [5.74, 6) is -0.991. The van der Waals surface area contributed by atoms with E-state index in [0.717, 1.165) is 24.8 Å². The molecule has 1 saturated carbocycles. The molecular formula is C32H36ClN3O5. The van der Waals surface area contributed by atoms with Crippen molar-refractivity contribution < 1.29 is 23.9 Å². The molecule has 9 heteroatoms. The van der Waals surface area contributed by atoms with E-state index in [4.69, 9.17) is 21.1 Å². The number of nitrogens with one attached hydrogen (secondary N) is 2. The highest BCUT2D eigenvalue weighted by atomic mass is 35.5. The van der Waals surface area contributed by atoms with Gasteiger partial charge in [0.05, 0.1) is 25.0 Å². The van der Waals surface area contributed by atoms with Crippen LogP contribution in [0.25, 0.3) is 0 Å². The van der Waals surface area contributed by atoms with Crippen LogP contribution >= 0.6 is 11.6 Å². The van der Waals surface area contributed by atoms with Crippen molar-refractivity contribution >= 4 is 35.0 Å². The lowest BCUT2D eigenvalue weighted by Gasteiger charge is -2.38. The Morgan fingerprint density at radius 3 is 2.59 bits per heavy atom. The minimum atomic E-state index is -1.24. The lowest BCUT2D eigenvalue weighted by molar-refractivity contribution is -0.142. The summed E-state index contributed by atoms with van der Waals surface area (Å²) in [4.78, 5) is 43.7. The number of halogens is 1. The summed E-state index contributed by atoms with van der Waals surface area (Å²) in [6, 6.07) is 13.4. The van der Waals surface area contributed by atoms with Gasteiger partial charge in [0.1, 0.15) is 17.4 Å². The standard InChI is InChI=1S/C32H36ClN3O5/c1-18-7-6-10-24(19(18)2)35-30(38)28-32-16-15-25(41-32)26(29(37)34-21-11-13-22(40-3)14-12-21)27(32)31(39)36(28)17-20-8-4-5-9-23(20)33/h4-5,8-9,11-16,18-19,24-28H,6-7,10,17H2,1-3H3,(H,34,37)(H,35,38)/t18-,19+,24-,25+,26-,27+,28+,32+/m1/s1. The van der Waals surface area contributed by atoms with Gasteiger partial charge in [0.15, 0.2) is 0 Å². The average molecular weight is 578 g/mol. The molecule has 2 saturated heterocycles. The van der Waals surface area contributed by atoms with Gasteiger partial charge in [0.2, 0.25) is 17.7 Å². The Hall–Kier alpha value is -3.36. The molecule has 8 atom stereocenters. The molecule has 2 aromatic carbocycles. The largest absolute Gasteiger partial charge is 0.497 e. The Morgan fingerprint density at radius 1 is 1.10 bits per heavy atom. The highest BCUT2D eigenvalue weighted by Gasteiger charge is 2.72. The molecule has 2 aromatic rings. The van der Waals surface area contributed by atoms with Crippen molar-refractivity contribution in [3.8, 4) is 5.75 Å². The van der Waals surface area contributed by atoms with E-state index >= 15 is 0 Å². The molecule has 0 radical (unpaired) electrons. The Balaban J connectivity index is 1.32. The van der Waals surface area contributed by atoms with Gasteiger partial charge in [-0.1, -0.05) is 68.6 Å². The van der Waals surface area contributed by atoms with Gasteiger partial charge in [0.25, 0.3) is 0 Å². The Bertz CT molecular complexity index is 1380. The van der Waals surface area contributed by atoms with Crippen LogP contribution in [0.3, 0.4) is 0 Å². The number of rotatable bonds is 7. The van der Waals surface area contributed by atoms with Crippen molar-refractivity contribution in [2.24, 2.45) is 23.7 Å². The molecule has 3 heterocycles. The van der Waals surface area contributed by atoms with Gasteiger partial charge in [-0.25, -0.2) is 0 Å². The van der Waals surface area contributed by atoms with Gasteiger partial charge >= 0.3 is 0 Å². The third-order valence-corrected chi connectivity index (χ3v) is 9.98. The van der Waals surface area contributed by atoms with Crippen LogP contribution in [0.15, 0.2) is 60.7 Å². The minimum Gasteiger partial charge on any atom is -0.497 e. The van der Waals surface area contributed by atoms with E-state index in [1.807, 2.05) is 30.4 Å². The second-order valence-corrected chi connectivity index (χ2v) is 12.3. The van der Waals surface area contributed by atoms with Crippen LogP contribution in [0.4, 0.5) is 5.69 Å². The number of nitrogens with zero attached hydrogens (tertiary/aromatic N) is 1. The van der Waals surface area contributed by atoms with E-state index in [1.54, 1.807) is 42.3 Å². The summed E-state index contributed by atoms with van der Waals surface area (Å²) >= 11 is 6.50. The fraction of sp³-hybridized carbons (Fsp3) is 0.469. The van der Waals surface area contributed by atoms with E-state index in [1.165, 1.54) is 0 Å². The maximum atomic E-state index is 14.3. The maximum Gasteiger partial charge on any atom is 0.246 e. The molecule has 2 N–H and O–H groups in total. The molecule has 4 aliphatic rings. The van der Waals surface area contributed by atoms with Gasteiger partial charge in [-0.2, -0.15) is 0 Å². The number of carbonyl (C=O) groups excluding carboxylic acids is 3. The first-order valence-corrected chi connectivity index (χ1v) is 14.8. The number of fused-ring (bicyclic) bond motifs is 1. The molecule has 216 valence electrons. The second kappa shape index (κ2) is 10.8. The summed E-state index contributed by atoms with van der Waals surface area (Å²) < 4.78 is 11.7. The smallest absolute Gasteiger partial charge is 0.246 e. The number of anilines is 1. The molecule has 6 rings (SSSR count). The van der Waals surface area contributed by atoms with E-state index in [9.17, 15) is 14.4 Å². The van der Waals surface area contributed by atoms with Gasteiger partial charge in [0, 0.05) is 23.3 Å².